The van der Waals surface area contributed by atoms with Crippen molar-refractivity contribution in [2.45, 2.75) is 32.9 Å². The van der Waals surface area contributed by atoms with Gasteiger partial charge in [0.1, 0.15) is 0 Å². The van der Waals surface area contributed by atoms with E-state index in [-0.39, 0.29) is 24.5 Å². The van der Waals surface area contributed by atoms with Crippen molar-refractivity contribution >= 4 is 17.4 Å². The highest BCUT2D eigenvalue weighted by Gasteiger charge is 2.36. The Labute approximate surface area is 180 Å². The van der Waals surface area contributed by atoms with Crippen molar-refractivity contribution in [3.8, 4) is 11.4 Å². The number of alkyl halides is 3. The molecule has 1 N–H and O–H groups in total. The minimum absolute atomic E-state index is 0.0934. The van der Waals surface area contributed by atoms with Gasteiger partial charge in [-0.05, 0) is 25.8 Å². The van der Waals surface area contributed by atoms with Crippen molar-refractivity contribution < 1.29 is 18.0 Å². The fraction of sp³-hybridized carbons (Fsp3) is 0.238. The lowest BCUT2D eigenvalue weighted by molar-refractivity contribution is -0.144. The Kier molecular flexibility index (Phi) is 5.56. The molecule has 11 heteroatoms. The first-order valence-electron chi connectivity index (χ1n) is 9.70. The molecule has 4 rings (SSSR count). The van der Waals surface area contributed by atoms with Crippen LogP contribution < -0.4 is 5.32 Å². The minimum atomic E-state index is -4.66. The van der Waals surface area contributed by atoms with Crippen LogP contribution in [0.2, 0.25) is 0 Å². The number of rotatable bonds is 5. The third-order valence-corrected chi connectivity index (χ3v) is 4.87. The van der Waals surface area contributed by atoms with Crippen molar-refractivity contribution in [2.24, 2.45) is 0 Å². The first kappa shape index (κ1) is 21.3. The monoisotopic (exact) mass is 441 g/mol. The number of fused-ring (bicyclic) bond motifs is 1. The second kappa shape index (κ2) is 8.33. The van der Waals surface area contributed by atoms with Crippen LogP contribution in [0, 0.1) is 13.8 Å². The summed E-state index contributed by atoms with van der Waals surface area (Å²) < 4.78 is 39.8. The summed E-state index contributed by atoms with van der Waals surface area (Å²) in [7, 11) is 0. The number of carbonyl (C=O) groups is 1. The molecule has 0 unspecified atom stereocenters. The van der Waals surface area contributed by atoms with E-state index < -0.39 is 12.0 Å². The summed E-state index contributed by atoms with van der Waals surface area (Å²) in [5, 5.41) is 6.24. The molecule has 164 valence electrons. The van der Waals surface area contributed by atoms with Crippen LogP contribution in [0.3, 0.4) is 0 Å². The zero-order chi connectivity index (χ0) is 22.9. The maximum Gasteiger partial charge on any atom is 0.453 e. The predicted octanol–water partition coefficient (Wildman–Crippen LogP) is 3.79. The van der Waals surface area contributed by atoms with Crippen LogP contribution in [0.25, 0.3) is 17.2 Å². The average Bonchev–Trinajstić information content (AvgIpc) is 3.19. The van der Waals surface area contributed by atoms with Gasteiger partial charge >= 0.3 is 6.18 Å². The van der Waals surface area contributed by atoms with Crippen LogP contribution in [-0.4, -0.2) is 35.5 Å². The third kappa shape index (κ3) is 4.41. The van der Waals surface area contributed by atoms with Gasteiger partial charge < -0.3 is 5.32 Å². The van der Waals surface area contributed by atoms with Crippen LogP contribution in [0.5, 0.6) is 0 Å². The van der Waals surface area contributed by atoms with Crippen molar-refractivity contribution in [2.75, 3.05) is 5.32 Å². The predicted molar refractivity (Wildman–Crippen MR) is 110 cm³/mol. The summed E-state index contributed by atoms with van der Waals surface area (Å²) in [6.07, 6.45) is -1.25. The summed E-state index contributed by atoms with van der Waals surface area (Å²) in [6.45, 7) is 3.29. The van der Waals surface area contributed by atoms with Crippen molar-refractivity contribution in [3.05, 3.63) is 65.5 Å². The molecule has 3 aromatic heterocycles. The number of hydrogen-bond acceptors (Lipinski definition) is 6. The Balaban J connectivity index is 1.44. The summed E-state index contributed by atoms with van der Waals surface area (Å²) in [5.74, 6) is -1.12. The van der Waals surface area contributed by atoms with E-state index >= 15 is 0 Å². The van der Waals surface area contributed by atoms with E-state index in [2.05, 4.69) is 30.4 Å². The number of aromatic nitrogens is 6. The normalized spacial score (nSPS) is 11.7. The van der Waals surface area contributed by atoms with Crippen LogP contribution in [0.15, 0.2) is 42.7 Å². The lowest BCUT2D eigenvalue weighted by Crippen LogP contribution is -2.15. The van der Waals surface area contributed by atoms with Gasteiger partial charge in [-0.2, -0.15) is 18.2 Å². The largest absolute Gasteiger partial charge is 0.453 e. The first-order chi connectivity index (χ1) is 15.2. The highest BCUT2D eigenvalue weighted by atomic mass is 19.4. The van der Waals surface area contributed by atoms with Gasteiger partial charge in [-0.3, -0.25) is 4.79 Å². The van der Waals surface area contributed by atoms with E-state index in [0.717, 1.165) is 10.1 Å². The van der Waals surface area contributed by atoms with E-state index in [0.29, 0.717) is 28.5 Å². The van der Waals surface area contributed by atoms with E-state index in [1.165, 1.54) is 12.4 Å². The number of halogens is 3. The van der Waals surface area contributed by atoms with Crippen molar-refractivity contribution in [1.29, 1.82) is 0 Å². The summed E-state index contributed by atoms with van der Waals surface area (Å²) in [4.78, 5) is 28.5. The Morgan fingerprint density at radius 1 is 1.06 bits per heavy atom. The number of hydrogen-bond donors (Lipinski definition) is 1. The van der Waals surface area contributed by atoms with Crippen molar-refractivity contribution in [3.63, 3.8) is 0 Å². The molecule has 0 aliphatic rings. The van der Waals surface area contributed by atoms with Gasteiger partial charge in [-0.1, -0.05) is 30.3 Å². The topological polar surface area (TPSA) is 98.0 Å². The Morgan fingerprint density at radius 3 is 2.41 bits per heavy atom. The molecule has 4 aromatic rings. The number of carbonyl (C=O) groups excluding carboxylic acids is 1. The van der Waals surface area contributed by atoms with Crippen LogP contribution in [0.1, 0.15) is 29.2 Å². The molecule has 0 atom stereocenters. The minimum Gasteiger partial charge on any atom is -0.323 e. The second-order valence-electron chi connectivity index (χ2n) is 7.12. The van der Waals surface area contributed by atoms with Gasteiger partial charge in [-0.25, -0.2) is 19.5 Å². The molecular weight excluding hydrogens is 423 g/mol. The molecule has 0 fully saturated rings. The van der Waals surface area contributed by atoms with Gasteiger partial charge in [0, 0.05) is 23.4 Å². The lowest BCUT2D eigenvalue weighted by Gasteiger charge is -2.10. The van der Waals surface area contributed by atoms with Gasteiger partial charge in [0.15, 0.2) is 5.82 Å². The van der Waals surface area contributed by atoms with Gasteiger partial charge in [0.2, 0.25) is 5.91 Å². The third-order valence-electron chi connectivity index (χ3n) is 4.87. The smallest absolute Gasteiger partial charge is 0.323 e. The molecular formula is C21H18F3N7O. The first-order valence-corrected chi connectivity index (χ1v) is 9.70. The number of amides is 1. The van der Waals surface area contributed by atoms with Crippen LogP contribution >= 0.6 is 0 Å². The maximum atomic E-state index is 12.9. The highest BCUT2D eigenvalue weighted by molar-refractivity contribution is 5.90. The Morgan fingerprint density at radius 2 is 1.75 bits per heavy atom. The Hall–Kier alpha value is -3.89. The number of benzene rings is 1. The van der Waals surface area contributed by atoms with Crippen LogP contribution in [-0.2, 0) is 17.4 Å². The Bertz CT molecular complexity index is 1270. The molecule has 3 heterocycles. The molecule has 0 aliphatic carbocycles. The summed E-state index contributed by atoms with van der Waals surface area (Å²) >= 11 is 0. The molecule has 8 nitrogen and oxygen atoms in total. The van der Waals surface area contributed by atoms with E-state index in [4.69, 9.17) is 0 Å². The fourth-order valence-corrected chi connectivity index (χ4v) is 3.28. The average molecular weight is 441 g/mol. The van der Waals surface area contributed by atoms with Crippen molar-refractivity contribution in [1.82, 2.24) is 29.5 Å². The summed E-state index contributed by atoms with van der Waals surface area (Å²) in [6, 6.07) is 9.43. The number of anilines is 1. The molecule has 0 bridgehead atoms. The maximum absolute atomic E-state index is 12.9. The van der Waals surface area contributed by atoms with E-state index in [1.54, 1.807) is 13.8 Å². The molecule has 0 aliphatic heterocycles. The quantitative estimate of drug-likeness (QED) is 0.506. The molecule has 0 saturated heterocycles. The molecule has 0 radical (unpaired) electrons. The molecule has 1 amide bonds. The number of nitrogens with one attached hydrogen (secondary N) is 1. The molecule has 1 aromatic carbocycles. The molecule has 0 saturated carbocycles. The van der Waals surface area contributed by atoms with E-state index in [1.807, 2.05) is 30.3 Å². The fourth-order valence-electron chi connectivity index (χ4n) is 3.28. The second-order valence-corrected chi connectivity index (χ2v) is 7.12. The van der Waals surface area contributed by atoms with Crippen LogP contribution in [0.4, 0.5) is 18.9 Å². The number of nitrogens with zero attached hydrogens (tertiary/aromatic N) is 6. The lowest BCUT2D eigenvalue weighted by atomic mass is 10.1. The molecule has 32 heavy (non-hydrogen) atoms. The zero-order valence-electron chi connectivity index (χ0n) is 17.2. The van der Waals surface area contributed by atoms with Gasteiger partial charge in [-0.15, -0.1) is 5.10 Å². The zero-order valence-corrected chi connectivity index (χ0v) is 17.2. The van der Waals surface area contributed by atoms with Gasteiger partial charge in [0.05, 0.1) is 18.1 Å². The SMILES string of the molecule is Cc1nc2nc(C(F)(F)F)nn2c(C)c1CCC(=O)Nc1cnc(-c2ccccc2)nc1. The molecule has 0 spiro atoms. The number of aryl methyl sites for hydroxylation is 2. The van der Waals surface area contributed by atoms with Gasteiger partial charge in [0.25, 0.3) is 11.6 Å². The summed E-state index contributed by atoms with van der Waals surface area (Å²) in [5.41, 5.74) is 2.91. The highest BCUT2D eigenvalue weighted by Crippen LogP contribution is 2.27. The van der Waals surface area contributed by atoms with E-state index in [9.17, 15) is 18.0 Å². The standard InChI is InChI=1S/C21H18F3N7O/c1-12-16(13(2)31-20(27-12)29-19(30-31)21(22,23)24)8-9-17(32)28-15-10-25-18(26-11-15)14-6-4-3-5-7-14/h3-7,10-11H,8-9H2,1-2H3,(H,28,32).